The molecule has 90 valence electrons. The van der Waals surface area contributed by atoms with E-state index in [4.69, 9.17) is 4.74 Å². The molecule has 0 aromatic heterocycles. The molecule has 0 aliphatic heterocycles. The third kappa shape index (κ3) is 2.14. The van der Waals surface area contributed by atoms with Gasteiger partial charge in [-0.2, -0.15) is 0 Å². The van der Waals surface area contributed by atoms with Crippen molar-refractivity contribution >= 4 is 0 Å². The van der Waals surface area contributed by atoms with Gasteiger partial charge in [0.1, 0.15) is 5.75 Å². The van der Waals surface area contributed by atoms with Gasteiger partial charge in [-0.15, -0.1) is 0 Å². The highest BCUT2D eigenvalue weighted by atomic mass is 16.5. The monoisotopic (exact) mass is 228 g/mol. The molecule has 2 aliphatic rings. The second-order valence-corrected chi connectivity index (χ2v) is 4.74. The zero-order valence-corrected chi connectivity index (χ0v) is 11.1. The van der Waals surface area contributed by atoms with Crippen LogP contribution in [-0.2, 0) is 6.42 Å². The van der Waals surface area contributed by atoms with Gasteiger partial charge in [0.05, 0.1) is 7.11 Å². The van der Waals surface area contributed by atoms with Crippen LogP contribution in [0.3, 0.4) is 0 Å². The molecule has 17 heavy (non-hydrogen) atoms. The Labute approximate surface area is 104 Å². The molecule has 0 heterocycles. The summed E-state index contributed by atoms with van der Waals surface area (Å²) >= 11 is 0. The first-order valence-corrected chi connectivity index (χ1v) is 6.27. The van der Waals surface area contributed by atoms with Crippen LogP contribution in [-0.4, -0.2) is 7.11 Å². The molecule has 0 radical (unpaired) electrons. The summed E-state index contributed by atoms with van der Waals surface area (Å²) in [4.78, 5) is 0. The van der Waals surface area contributed by atoms with Crippen molar-refractivity contribution in [2.45, 2.75) is 33.1 Å². The number of hydrogen-bond donors (Lipinski definition) is 0. The van der Waals surface area contributed by atoms with E-state index in [1.807, 2.05) is 0 Å². The highest BCUT2D eigenvalue weighted by molar-refractivity contribution is 5.77. The normalized spacial score (nSPS) is 11.1. The van der Waals surface area contributed by atoms with Crippen LogP contribution in [0.4, 0.5) is 0 Å². The van der Waals surface area contributed by atoms with Gasteiger partial charge < -0.3 is 4.74 Å². The van der Waals surface area contributed by atoms with Gasteiger partial charge in [-0.3, -0.25) is 0 Å². The lowest BCUT2D eigenvalue weighted by Crippen LogP contribution is -1.86. The predicted molar refractivity (Wildman–Crippen MR) is 73.1 cm³/mol. The van der Waals surface area contributed by atoms with Gasteiger partial charge in [0, 0.05) is 5.56 Å². The van der Waals surface area contributed by atoms with Crippen LogP contribution in [0.1, 0.15) is 37.8 Å². The average Bonchev–Trinajstić information content (AvgIpc) is 2.62. The van der Waals surface area contributed by atoms with Gasteiger partial charge in [-0.25, -0.2) is 0 Å². The molecule has 0 spiro atoms. The van der Waals surface area contributed by atoms with Crippen LogP contribution in [0.25, 0.3) is 11.1 Å². The fourth-order valence-electron chi connectivity index (χ4n) is 2.27. The van der Waals surface area contributed by atoms with Gasteiger partial charge in [-0.1, -0.05) is 45.0 Å². The molecular weight excluding hydrogens is 208 g/mol. The van der Waals surface area contributed by atoms with Crippen molar-refractivity contribution in [3.8, 4) is 16.9 Å². The van der Waals surface area contributed by atoms with Crippen molar-refractivity contribution in [3.63, 3.8) is 0 Å². The highest BCUT2D eigenvalue weighted by Gasteiger charge is 2.14. The van der Waals surface area contributed by atoms with E-state index in [0.717, 1.165) is 12.2 Å². The molecule has 0 aromatic carbocycles. The molecule has 0 unspecified atom stereocenters. The van der Waals surface area contributed by atoms with E-state index >= 15 is 0 Å². The average molecular weight is 228 g/mol. The minimum absolute atomic E-state index is 0.537. The lowest BCUT2D eigenvalue weighted by molar-refractivity contribution is 0.416. The maximum atomic E-state index is 5.52. The molecule has 0 saturated carbocycles. The lowest BCUT2D eigenvalue weighted by atomic mass is 10.0. The maximum absolute atomic E-state index is 5.52. The van der Waals surface area contributed by atoms with Gasteiger partial charge in [0.2, 0.25) is 0 Å². The van der Waals surface area contributed by atoms with Crippen LogP contribution >= 0.6 is 0 Å². The number of hydrogen-bond acceptors (Lipinski definition) is 1. The van der Waals surface area contributed by atoms with Gasteiger partial charge >= 0.3 is 0 Å². The van der Waals surface area contributed by atoms with Crippen LogP contribution in [0, 0.1) is 0 Å². The van der Waals surface area contributed by atoms with Crippen LogP contribution < -0.4 is 4.74 Å². The Morgan fingerprint density at radius 3 is 2.47 bits per heavy atom. The van der Waals surface area contributed by atoms with Gasteiger partial charge in [0.25, 0.3) is 0 Å². The molecule has 0 amide bonds. The van der Waals surface area contributed by atoms with Gasteiger partial charge in [-0.05, 0) is 35.1 Å². The third-order valence-corrected chi connectivity index (χ3v) is 3.34. The summed E-state index contributed by atoms with van der Waals surface area (Å²) in [5.74, 6) is 1.52. The van der Waals surface area contributed by atoms with E-state index in [1.54, 1.807) is 7.11 Å². The Kier molecular flexibility index (Phi) is 3.37. The standard InChI is InChI=1S/C16H20O/c1-5-12-6-7-14-10-13(11(2)3)8-9-15(17-4)16(12)14/h6-11H,5H2,1-4H3. The second-order valence-electron chi connectivity index (χ2n) is 4.74. The number of fused-ring (bicyclic) bond motifs is 1. The molecule has 0 saturated heterocycles. The summed E-state index contributed by atoms with van der Waals surface area (Å²) in [6.07, 6.45) is 1.04. The summed E-state index contributed by atoms with van der Waals surface area (Å²) in [6.45, 7) is 6.62. The predicted octanol–water partition coefficient (Wildman–Crippen LogP) is 4.49. The summed E-state index contributed by atoms with van der Waals surface area (Å²) in [7, 11) is 1.75. The molecule has 0 N–H and O–H groups in total. The molecule has 1 nitrogen and oxygen atoms in total. The molecule has 0 bridgehead atoms. The molecule has 0 fully saturated rings. The van der Waals surface area contributed by atoms with Crippen molar-refractivity contribution in [3.05, 3.63) is 41.5 Å². The van der Waals surface area contributed by atoms with E-state index < -0.39 is 0 Å². The topological polar surface area (TPSA) is 9.23 Å². The summed E-state index contributed by atoms with van der Waals surface area (Å²) in [5, 5.41) is 0. The first-order valence-electron chi connectivity index (χ1n) is 6.27. The lowest BCUT2D eigenvalue weighted by Gasteiger charge is -2.05. The molecule has 0 aromatic rings. The van der Waals surface area contributed by atoms with E-state index in [9.17, 15) is 0 Å². The smallest absolute Gasteiger partial charge is 0.126 e. The highest BCUT2D eigenvalue weighted by Crippen LogP contribution is 2.37. The fraction of sp³-hybridized carbons (Fsp3) is 0.375. The first kappa shape index (κ1) is 12.0. The maximum Gasteiger partial charge on any atom is 0.126 e. The minimum atomic E-state index is 0.537. The quantitative estimate of drug-likeness (QED) is 0.752. The Hall–Kier alpha value is -1.50. The van der Waals surface area contributed by atoms with Crippen LogP contribution in [0.5, 0.6) is 5.75 Å². The zero-order chi connectivity index (χ0) is 12.4. The summed E-state index contributed by atoms with van der Waals surface area (Å²) < 4.78 is 5.52. The molecular formula is C16H20O. The summed E-state index contributed by atoms with van der Waals surface area (Å²) in [6, 6.07) is 10.9. The summed E-state index contributed by atoms with van der Waals surface area (Å²) in [5.41, 5.74) is 5.27. The van der Waals surface area contributed by atoms with E-state index in [2.05, 4.69) is 51.1 Å². The Morgan fingerprint density at radius 1 is 1.12 bits per heavy atom. The third-order valence-electron chi connectivity index (χ3n) is 3.34. The Balaban J connectivity index is 2.67. The van der Waals surface area contributed by atoms with E-state index in [0.29, 0.717) is 5.92 Å². The molecule has 2 rings (SSSR count). The Morgan fingerprint density at radius 2 is 1.88 bits per heavy atom. The van der Waals surface area contributed by atoms with Crippen molar-refractivity contribution in [1.82, 2.24) is 0 Å². The molecule has 2 aliphatic carbocycles. The minimum Gasteiger partial charge on any atom is -0.496 e. The number of ether oxygens (including phenoxy) is 1. The number of methoxy groups -OCH3 is 1. The molecule has 1 heteroatoms. The van der Waals surface area contributed by atoms with Crippen molar-refractivity contribution in [1.29, 1.82) is 0 Å². The van der Waals surface area contributed by atoms with Crippen molar-refractivity contribution in [2.24, 2.45) is 0 Å². The van der Waals surface area contributed by atoms with Gasteiger partial charge in [0.15, 0.2) is 0 Å². The van der Waals surface area contributed by atoms with E-state index in [-0.39, 0.29) is 0 Å². The van der Waals surface area contributed by atoms with Crippen LogP contribution in [0.15, 0.2) is 30.3 Å². The largest absolute Gasteiger partial charge is 0.496 e. The van der Waals surface area contributed by atoms with Crippen molar-refractivity contribution in [2.75, 3.05) is 7.11 Å². The Bertz CT molecular complexity index is 485. The molecule has 0 atom stereocenters. The second kappa shape index (κ2) is 4.79. The zero-order valence-electron chi connectivity index (χ0n) is 11.1. The van der Waals surface area contributed by atoms with Crippen LogP contribution in [0.2, 0.25) is 0 Å². The number of rotatable bonds is 3. The fourth-order valence-corrected chi connectivity index (χ4v) is 2.27. The number of aryl methyl sites for hydroxylation is 1. The van der Waals surface area contributed by atoms with E-state index in [1.165, 1.54) is 22.3 Å². The SMILES string of the molecule is CCc1ccc2cc(C(C)C)ccc(OC)c1-2. The first-order chi connectivity index (χ1) is 8.17. The van der Waals surface area contributed by atoms with Crippen molar-refractivity contribution < 1.29 is 4.74 Å².